The molecule has 0 aliphatic rings. The maximum atomic E-state index is 5.77. The fraction of sp³-hybridized carbons (Fsp3) is 0.250. The molecule has 0 fully saturated rings. The van der Waals surface area contributed by atoms with Crippen molar-refractivity contribution in [3.63, 3.8) is 0 Å². The number of benzene rings is 1. The van der Waals surface area contributed by atoms with Gasteiger partial charge in [-0.15, -0.1) is 0 Å². The Hall–Kier alpha value is -1.81. The molecule has 0 saturated carbocycles. The third-order valence-corrected chi connectivity index (χ3v) is 2.32. The monoisotopic (exact) mass is 217 g/mol. The molecule has 0 saturated heterocycles. The number of hydrogen-bond donors (Lipinski definition) is 1. The molecule has 4 heteroatoms. The SMILES string of the molecule is CC(N)c1ccc(Oc2cnn(C)c2)cc1. The average molecular weight is 217 g/mol. The van der Waals surface area contributed by atoms with Crippen LogP contribution in [0, 0.1) is 0 Å². The molecule has 1 unspecified atom stereocenters. The van der Waals surface area contributed by atoms with Gasteiger partial charge in [-0.1, -0.05) is 12.1 Å². The number of nitrogens with two attached hydrogens (primary N) is 1. The number of aromatic nitrogens is 2. The Morgan fingerprint density at radius 1 is 1.25 bits per heavy atom. The van der Waals surface area contributed by atoms with Crippen LogP contribution in [0.4, 0.5) is 0 Å². The molecule has 2 aromatic rings. The Morgan fingerprint density at radius 3 is 2.44 bits per heavy atom. The van der Waals surface area contributed by atoms with E-state index in [2.05, 4.69) is 5.10 Å². The zero-order chi connectivity index (χ0) is 11.5. The Balaban J connectivity index is 2.11. The molecule has 1 aromatic heterocycles. The summed E-state index contributed by atoms with van der Waals surface area (Å²) in [6.45, 7) is 1.96. The maximum absolute atomic E-state index is 5.77. The van der Waals surface area contributed by atoms with Crippen LogP contribution >= 0.6 is 0 Å². The molecule has 1 heterocycles. The van der Waals surface area contributed by atoms with Crippen LogP contribution in [0.25, 0.3) is 0 Å². The average Bonchev–Trinajstić information content (AvgIpc) is 2.65. The van der Waals surface area contributed by atoms with E-state index in [1.54, 1.807) is 10.9 Å². The van der Waals surface area contributed by atoms with Crippen LogP contribution in [0.3, 0.4) is 0 Å². The van der Waals surface area contributed by atoms with E-state index in [0.717, 1.165) is 17.1 Å². The summed E-state index contributed by atoms with van der Waals surface area (Å²) in [6.07, 6.45) is 3.50. The highest BCUT2D eigenvalue weighted by Crippen LogP contribution is 2.22. The smallest absolute Gasteiger partial charge is 0.165 e. The summed E-state index contributed by atoms with van der Waals surface area (Å²) >= 11 is 0. The first kappa shape index (κ1) is 10.7. The minimum atomic E-state index is 0.0486. The second-order valence-electron chi connectivity index (χ2n) is 3.81. The van der Waals surface area contributed by atoms with Gasteiger partial charge < -0.3 is 10.5 Å². The molecule has 1 aromatic carbocycles. The van der Waals surface area contributed by atoms with E-state index in [0.29, 0.717) is 0 Å². The molecular formula is C12H15N3O. The first-order valence-corrected chi connectivity index (χ1v) is 5.17. The summed E-state index contributed by atoms with van der Waals surface area (Å²) in [5, 5.41) is 4.03. The van der Waals surface area contributed by atoms with Crippen LogP contribution < -0.4 is 10.5 Å². The molecule has 0 bridgehead atoms. The van der Waals surface area contributed by atoms with Gasteiger partial charge in [-0.3, -0.25) is 4.68 Å². The van der Waals surface area contributed by atoms with E-state index in [-0.39, 0.29) is 6.04 Å². The van der Waals surface area contributed by atoms with Gasteiger partial charge in [0.15, 0.2) is 5.75 Å². The normalized spacial score (nSPS) is 12.4. The van der Waals surface area contributed by atoms with Gasteiger partial charge in [-0.25, -0.2) is 0 Å². The molecule has 2 N–H and O–H groups in total. The molecule has 1 atom stereocenters. The van der Waals surface area contributed by atoms with Gasteiger partial charge in [0.05, 0.1) is 12.4 Å². The van der Waals surface area contributed by atoms with Crippen molar-refractivity contribution < 1.29 is 4.74 Å². The summed E-state index contributed by atoms with van der Waals surface area (Å²) in [5.74, 6) is 1.52. The standard InChI is InChI=1S/C12H15N3O/c1-9(13)10-3-5-11(6-4-10)16-12-7-14-15(2)8-12/h3-9H,13H2,1-2H3. The van der Waals surface area contributed by atoms with E-state index in [4.69, 9.17) is 10.5 Å². The lowest BCUT2D eigenvalue weighted by Crippen LogP contribution is -2.04. The zero-order valence-corrected chi connectivity index (χ0v) is 9.42. The van der Waals surface area contributed by atoms with E-state index in [9.17, 15) is 0 Å². The van der Waals surface area contributed by atoms with Crippen LogP contribution in [0.2, 0.25) is 0 Å². The second kappa shape index (κ2) is 4.37. The Bertz CT molecular complexity index is 459. The Morgan fingerprint density at radius 2 is 1.94 bits per heavy atom. The lowest BCUT2D eigenvalue weighted by molar-refractivity contribution is 0.481. The molecule has 0 radical (unpaired) electrons. The van der Waals surface area contributed by atoms with Crippen molar-refractivity contribution in [3.8, 4) is 11.5 Å². The number of ether oxygens (including phenoxy) is 1. The lowest BCUT2D eigenvalue weighted by atomic mass is 10.1. The van der Waals surface area contributed by atoms with Crippen molar-refractivity contribution in [2.24, 2.45) is 12.8 Å². The molecule has 0 aliphatic carbocycles. The minimum Gasteiger partial charge on any atom is -0.454 e. The zero-order valence-electron chi connectivity index (χ0n) is 9.42. The highest BCUT2D eigenvalue weighted by atomic mass is 16.5. The fourth-order valence-corrected chi connectivity index (χ4v) is 1.43. The quantitative estimate of drug-likeness (QED) is 0.857. The molecule has 0 spiro atoms. The van der Waals surface area contributed by atoms with Crippen molar-refractivity contribution >= 4 is 0 Å². The number of hydrogen-bond acceptors (Lipinski definition) is 3. The molecule has 2 rings (SSSR count). The first-order valence-electron chi connectivity index (χ1n) is 5.17. The van der Waals surface area contributed by atoms with Crippen LogP contribution in [0.15, 0.2) is 36.7 Å². The molecule has 0 aliphatic heterocycles. The third-order valence-electron chi connectivity index (χ3n) is 2.32. The van der Waals surface area contributed by atoms with Gasteiger partial charge in [0.25, 0.3) is 0 Å². The van der Waals surface area contributed by atoms with Crippen molar-refractivity contribution in [1.29, 1.82) is 0 Å². The highest BCUT2D eigenvalue weighted by molar-refractivity contribution is 5.32. The molecule has 0 amide bonds. The Labute approximate surface area is 94.6 Å². The van der Waals surface area contributed by atoms with Crippen molar-refractivity contribution in [2.75, 3.05) is 0 Å². The number of rotatable bonds is 3. The molecule has 16 heavy (non-hydrogen) atoms. The van der Waals surface area contributed by atoms with Crippen molar-refractivity contribution in [1.82, 2.24) is 9.78 Å². The van der Waals surface area contributed by atoms with Crippen LogP contribution in [0.1, 0.15) is 18.5 Å². The largest absolute Gasteiger partial charge is 0.454 e. The van der Waals surface area contributed by atoms with Crippen molar-refractivity contribution in [2.45, 2.75) is 13.0 Å². The summed E-state index contributed by atoms with van der Waals surface area (Å²) in [6, 6.07) is 7.80. The predicted molar refractivity (Wildman–Crippen MR) is 62.3 cm³/mol. The van der Waals surface area contributed by atoms with Gasteiger partial charge in [-0.2, -0.15) is 5.10 Å². The van der Waals surface area contributed by atoms with Gasteiger partial charge in [0.2, 0.25) is 0 Å². The van der Waals surface area contributed by atoms with E-state index in [1.165, 1.54) is 0 Å². The molecular weight excluding hydrogens is 202 g/mol. The molecule has 84 valence electrons. The summed E-state index contributed by atoms with van der Waals surface area (Å²) in [7, 11) is 1.85. The topological polar surface area (TPSA) is 53.1 Å². The van der Waals surface area contributed by atoms with Crippen LogP contribution in [-0.2, 0) is 7.05 Å². The predicted octanol–water partition coefficient (Wildman–Crippen LogP) is 2.23. The van der Waals surface area contributed by atoms with Gasteiger partial charge in [0.1, 0.15) is 5.75 Å². The second-order valence-corrected chi connectivity index (χ2v) is 3.81. The van der Waals surface area contributed by atoms with Gasteiger partial charge in [0, 0.05) is 13.1 Å². The van der Waals surface area contributed by atoms with E-state index in [1.807, 2.05) is 44.4 Å². The fourth-order valence-electron chi connectivity index (χ4n) is 1.43. The summed E-state index contributed by atoms with van der Waals surface area (Å²) < 4.78 is 7.31. The Kier molecular flexibility index (Phi) is 2.92. The maximum Gasteiger partial charge on any atom is 0.165 e. The van der Waals surface area contributed by atoms with Crippen LogP contribution in [0.5, 0.6) is 11.5 Å². The summed E-state index contributed by atoms with van der Waals surface area (Å²) in [4.78, 5) is 0. The lowest BCUT2D eigenvalue weighted by Gasteiger charge is -2.07. The van der Waals surface area contributed by atoms with E-state index < -0.39 is 0 Å². The van der Waals surface area contributed by atoms with E-state index >= 15 is 0 Å². The van der Waals surface area contributed by atoms with Crippen molar-refractivity contribution in [3.05, 3.63) is 42.2 Å². The third kappa shape index (κ3) is 2.41. The van der Waals surface area contributed by atoms with Crippen LogP contribution in [-0.4, -0.2) is 9.78 Å². The highest BCUT2D eigenvalue weighted by Gasteiger charge is 2.01. The summed E-state index contributed by atoms with van der Waals surface area (Å²) in [5.41, 5.74) is 6.86. The minimum absolute atomic E-state index is 0.0486. The molecule has 4 nitrogen and oxygen atoms in total. The van der Waals surface area contributed by atoms with Gasteiger partial charge in [-0.05, 0) is 24.6 Å². The number of nitrogens with zero attached hydrogens (tertiary/aromatic N) is 2. The number of aryl methyl sites for hydroxylation is 1. The first-order chi connectivity index (χ1) is 7.65. The van der Waals surface area contributed by atoms with Gasteiger partial charge >= 0.3 is 0 Å².